The van der Waals surface area contributed by atoms with Crippen LogP contribution in [0.25, 0.3) is 0 Å². The monoisotopic (exact) mass is 215 g/mol. The molecule has 0 spiro atoms. The quantitative estimate of drug-likeness (QED) is 0.583. The lowest BCUT2D eigenvalue weighted by molar-refractivity contribution is 0.0962. The zero-order chi connectivity index (χ0) is 10.4. The Bertz CT molecular complexity index is 301. The summed E-state index contributed by atoms with van der Waals surface area (Å²) in [5.41, 5.74) is 0.821. The van der Waals surface area contributed by atoms with Crippen molar-refractivity contribution in [3.63, 3.8) is 0 Å². The van der Waals surface area contributed by atoms with Crippen molar-refractivity contribution in [2.45, 2.75) is 6.54 Å². The number of hydrogen-bond donors (Lipinski definition) is 3. The maximum absolute atomic E-state index is 11.1. The molecule has 1 rings (SSSR count). The number of thiazole rings is 1. The predicted octanol–water partition coefficient (Wildman–Crippen LogP) is -0.415. The second kappa shape index (κ2) is 5.69. The summed E-state index contributed by atoms with van der Waals surface area (Å²) in [5.74, 6) is -0.164. The fourth-order valence-electron chi connectivity index (χ4n) is 0.895. The molecule has 0 saturated heterocycles. The summed E-state index contributed by atoms with van der Waals surface area (Å²) < 4.78 is 0. The van der Waals surface area contributed by atoms with Crippen LogP contribution in [0, 0.1) is 0 Å². The highest BCUT2D eigenvalue weighted by atomic mass is 32.1. The lowest BCUT2D eigenvalue weighted by Crippen LogP contribution is -2.19. The first-order valence-electron chi connectivity index (χ1n) is 4.26. The van der Waals surface area contributed by atoms with Crippen molar-refractivity contribution in [1.82, 2.24) is 15.6 Å². The molecule has 0 aliphatic heterocycles. The van der Waals surface area contributed by atoms with E-state index in [4.69, 9.17) is 5.11 Å². The van der Waals surface area contributed by atoms with Crippen LogP contribution in [-0.4, -0.2) is 36.2 Å². The minimum Gasteiger partial charge on any atom is -0.395 e. The molecule has 1 heterocycles. The topological polar surface area (TPSA) is 74.2 Å². The highest BCUT2D eigenvalue weighted by Gasteiger charge is 2.08. The maximum Gasteiger partial charge on any atom is 0.280 e. The molecule has 0 bridgehead atoms. The Balaban J connectivity index is 2.46. The molecule has 6 heteroatoms. The Kier molecular flexibility index (Phi) is 4.51. The van der Waals surface area contributed by atoms with Crippen LogP contribution >= 0.6 is 11.3 Å². The van der Waals surface area contributed by atoms with Gasteiger partial charge in [-0.2, -0.15) is 0 Å². The molecule has 0 saturated carbocycles. The first-order chi connectivity index (χ1) is 6.77. The van der Waals surface area contributed by atoms with E-state index in [9.17, 15) is 4.79 Å². The van der Waals surface area contributed by atoms with Crippen LogP contribution in [0.15, 0.2) is 5.38 Å². The first kappa shape index (κ1) is 11.1. The number of aliphatic hydroxyl groups excluding tert-OH is 1. The van der Waals surface area contributed by atoms with Crippen molar-refractivity contribution in [2.24, 2.45) is 0 Å². The summed E-state index contributed by atoms with van der Waals surface area (Å²) in [4.78, 5) is 15.2. The summed E-state index contributed by atoms with van der Waals surface area (Å²) in [6, 6.07) is 0. The van der Waals surface area contributed by atoms with Gasteiger partial charge in [0.25, 0.3) is 5.91 Å². The standard InChI is InChI=1S/C8H13N3O2S/c1-9-7(13)8-11-6(5-14-8)4-10-2-3-12/h5,10,12H,2-4H2,1H3,(H,9,13). The van der Waals surface area contributed by atoms with Crippen LogP contribution in [0.2, 0.25) is 0 Å². The molecule has 3 N–H and O–H groups in total. The maximum atomic E-state index is 11.1. The second-order valence-electron chi connectivity index (χ2n) is 2.62. The van der Waals surface area contributed by atoms with E-state index in [1.165, 1.54) is 11.3 Å². The molecule has 14 heavy (non-hydrogen) atoms. The number of aromatic nitrogens is 1. The molecular weight excluding hydrogens is 202 g/mol. The molecule has 0 aliphatic rings. The van der Waals surface area contributed by atoms with Crippen molar-refractivity contribution in [3.8, 4) is 0 Å². The molecular formula is C8H13N3O2S. The lowest BCUT2D eigenvalue weighted by atomic mass is 10.4. The van der Waals surface area contributed by atoms with Gasteiger partial charge in [-0.1, -0.05) is 0 Å². The van der Waals surface area contributed by atoms with Gasteiger partial charge in [-0.25, -0.2) is 4.98 Å². The number of rotatable bonds is 5. The Morgan fingerprint density at radius 3 is 3.14 bits per heavy atom. The van der Waals surface area contributed by atoms with Gasteiger partial charge in [0.15, 0.2) is 5.01 Å². The number of carbonyl (C=O) groups is 1. The van der Waals surface area contributed by atoms with E-state index >= 15 is 0 Å². The predicted molar refractivity (Wildman–Crippen MR) is 54.3 cm³/mol. The molecule has 1 aromatic heterocycles. The molecule has 0 atom stereocenters. The van der Waals surface area contributed by atoms with E-state index in [0.29, 0.717) is 18.1 Å². The van der Waals surface area contributed by atoms with E-state index in [1.807, 2.05) is 5.38 Å². The molecule has 0 radical (unpaired) electrons. The molecule has 1 amide bonds. The van der Waals surface area contributed by atoms with Gasteiger partial charge in [-0.15, -0.1) is 11.3 Å². The summed E-state index contributed by atoms with van der Waals surface area (Å²) in [6.45, 7) is 1.22. The van der Waals surface area contributed by atoms with Crippen LogP contribution in [0.5, 0.6) is 0 Å². The van der Waals surface area contributed by atoms with Gasteiger partial charge in [-0.3, -0.25) is 4.79 Å². The van der Waals surface area contributed by atoms with Crippen molar-refractivity contribution in [1.29, 1.82) is 0 Å². The van der Waals surface area contributed by atoms with E-state index in [-0.39, 0.29) is 12.5 Å². The van der Waals surface area contributed by atoms with Crippen LogP contribution < -0.4 is 10.6 Å². The third-order valence-corrected chi connectivity index (χ3v) is 2.46. The van der Waals surface area contributed by atoms with Gasteiger partial charge in [0.1, 0.15) is 0 Å². The van der Waals surface area contributed by atoms with E-state index < -0.39 is 0 Å². The van der Waals surface area contributed by atoms with Crippen LogP contribution in [-0.2, 0) is 6.54 Å². The SMILES string of the molecule is CNC(=O)c1nc(CNCCO)cs1. The normalized spacial score (nSPS) is 10.1. The van der Waals surface area contributed by atoms with E-state index in [2.05, 4.69) is 15.6 Å². The highest BCUT2D eigenvalue weighted by Crippen LogP contribution is 2.08. The van der Waals surface area contributed by atoms with Crippen molar-refractivity contribution in [3.05, 3.63) is 16.1 Å². The first-order valence-corrected chi connectivity index (χ1v) is 5.14. The largest absolute Gasteiger partial charge is 0.395 e. The van der Waals surface area contributed by atoms with Gasteiger partial charge in [-0.05, 0) is 0 Å². The molecule has 1 aromatic rings. The van der Waals surface area contributed by atoms with E-state index in [1.54, 1.807) is 7.05 Å². The molecule has 0 fully saturated rings. The molecule has 5 nitrogen and oxygen atoms in total. The van der Waals surface area contributed by atoms with Crippen LogP contribution in [0.3, 0.4) is 0 Å². The minimum atomic E-state index is -0.164. The Labute approximate surface area is 86.2 Å². The zero-order valence-electron chi connectivity index (χ0n) is 7.91. The van der Waals surface area contributed by atoms with Gasteiger partial charge in [0.05, 0.1) is 12.3 Å². The number of amides is 1. The van der Waals surface area contributed by atoms with Crippen molar-refractivity contribution < 1.29 is 9.90 Å². The van der Waals surface area contributed by atoms with Gasteiger partial charge in [0, 0.05) is 25.5 Å². The molecule has 78 valence electrons. The van der Waals surface area contributed by atoms with Gasteiger partial charge >= 0.3 is 0 Å². The van der Waals surface area contributed by atoms with Crippen LogP contribution in [0.4, 0.5) is 0 Å². The summed E-state index contributed by atoms with van der Waals surface area (Å²) in [7, 11) is 1.58. The number of nitrogens with zero attached hydrogens (tertiary/aromatic N) is 1. The van der Waals surface area contributed by atoms with Crippen molar-refractivity contribution >= 4 is 17.2 Å². The Hall–Kier alpha value is -0.980. The van der Waals surface area contributed by atoms with E-state index in [0.717, 1.165) is 5.69 Å². The summed E-state index contributed by atoms with van der Waals surface area (Å²) >= 11 is 1.31. The van der Waals surface area contributed by atoms with Gasteiger partial charge in [0.2, 0.25) is 0 Å². The second-order valence-corrected chi connectivity index (χ2v) is 3.48. The lowest BCUT2D eigenvalue weighted by Gasteiger charge is -1.97. The molecule has 0 aliphatic carbocycles. The molecule has 0 unspecified atom stereocenters. The average molecular weight is 215 g/mol. The zero-order valence-corrected chi connectivity index (χ0v) is 8.73. The fraction of sp³-hybridized carbons (Fsp3) is 0.500. The number of aliphatic hydroxyl groups is 1. The average Bonchev–Trinajstić information content (AvgIpc) is 2.66. The summed E-state index contributed by atoms with van der Waals surface area (Å²) in [6.07, 6.45) is 0. The number of nitrogens with one attached hydrogen (secondary N) is 2. The molecule has 0 aromatic carbocycles. The van der Waals surface area contributed by atoms with Crippen LogP contribution in [0.1, 0.15) is 15.5 Å². The minimum absolute atomic E-state index is 0.104. The fourth-order valence-corrected chi connectivity index (χ4v) is 1.66. The Morgan fingerprint density at radius 2 is 2.50 bits per heavy atom. The highest BCUT2D eigenvalue weighted by molar-refractivity contribution is 7.11. The summed E-state index contributed by atoms with van der Waals surface area (Å²) in [5, 5.41) is 16.3. The Morgan fingerprint density at radius 1 is 1.71 bits per heavy atom. The smallest absolute Gasteiger partial charge is 0.280 e. The third-order valence-electron chi connectivity index (χ3n) is 1.57. The van der Waals surface area contributed by atoms with Gasteiger partial charge < -0.3 is 15.7 Å². The van der Waals surface area contributed by atoms with Crippen molar-refractivity contribution in [2.75, 3.05) is 20.2 Å². The number of hydrogen-bond acceptors (Lipinski definition) is 5. The third kappa shape index (κ3) is 3.06. The number of carbonyl (C=O) groups excluding carboxylic acids is 1.